The van der Waals surface area contributed by atoms with Crippen LogP contribution in [0.2, 0.25) is 0 Å². The lowest BCUT2D eigenvalue weighted by molar-refractivity contribution is -0.139. The standard InChI is InChI=1S/C20H22F3N5O2/c1-11(2)20(18(24)29,28-10-19(21,22)23)13-4-12(6-25-7-13)16-9-27-17-15(16)5-14(30-3)8-26-17/h4-9,11,28H,10H2,1-3H3,(H2,24,29)(H,26,27)/t20-/m1/s1. The molecule has 0 saturated heterocycles. The number of nitrogens with two attached hydrogens (primary N) is 1. The van der Waals surface area contributed by atoms with Gasteiger partial charge in [-0.1, -0.05) is 13.8 Å². The van der Waals surface area contributed by atoms with Gasteiger partial charge in [0.1, 0.15) is 16.9 Å². The maximum atomic E-state index is 12.9. The van der Waals surface area contributed by atoms with Crippen LogP contribution < -0.4 is 15.8 Å². The van der Waals surface area contributed by atoms with E-state index < -0.39 is 30.1 Å². The molecule has 0 radical (unpaired) electrons. The Kier molecular flexibility index (Phi) is 5.71. The molecule has 0 saturated carbocycles. The first-order valence-electron chi connectivity index (χ1n) is 9.17. The van der Waals surface area contributed by atoms with E-state index in [1.807, 2.05) is 0 Å². The number of amides is 1. The van der Waals surface area contributed by atoms with Crippen LogP contribution in [0.1, 0.15) is 19.4 Å². The first-order chi connectivity index (χ1) is 14.1. The van der Waals surface area contributed by atoms with Crippen molar-refractivity contribution in [2.45, 2.75) is 25.6 Å². The summed E-state index contributed by atoms with van der Waals surface area (Å²) in [5, 5.41) is 3.08. The Balaban J connectivity index is 2.13. The summed E-state index contributed by atoms with van der Waals surface area (Å²) in [6.07, 6.45) is 1.67. The summed E-state index contributed by atoms with van der Waals surface area (Å²) >= 11 is 0. The van der Waals surface area contributed by atoms with Crippen molar-refractivity contribution in [2.75, 3.05) is 13.7 Å². The summed E-state index contributed by atoms with van der Waals surface area (Å²) in [4.78, 5) is 23.9. The zero-order chi connectivity index (χ0) is 22.1. The smallest absolute Gasteiger partial charge is 0.401 e. The van der Waals surface area contributed by atoms with Crippen molar-refractivity contribution >= 4 is 16.9 Å². The molecule has 0 bridgehead atoms. The van der Waals surface area contributed by atoms with Gasteiger partial charge in [-0.05, 0) is 18.1 Å². The zero-order valence-electron chi connectivity index (χ0n) is 16.7. The number of halogens is 3. The molecule has 3 aromatic rings. The number of primary amides is 1. The van der Waals surface area contributed by atoms with E-state index in [1.54, 1.807) is 44.6 Å². The molecule has 0 fully saturated rings. The second-order valence-electron chi connectivity index (χ2n) is 7.23. The number of ether oxygens (including phenoxy) is 1. The Labute approximate surface area is 170 Å². The summed E-state index contributed by atoms with van der Waals surface area (Å²) in [6.45, 7) is 1.88. The van der Waals surface area contributed by atoms with Gasteiger partial charge in [0, 0.05) is 40.7 Å². The van der Waals surface area contributed by atoms with Crippen LogP contribution in [-0.4, -0.2) is 40.7 Å². The van der Waals surface area contributed by atoms with Crippen molar-refractivity contribution in [1.29, 1.82) is 0 Å². The monoisotopic (exact) mass is 421 g/mol. The van der Waals surface area contributed by atoms with Crippen LogP contribution in [0.25, 0.3) is 22.2 Å². The molecule has 0 aliphatic carbocycles. The molecule has 1 amide bonds. The number of carbonyl (C=O) groups excluding carboxylic acids is 1. The minimum Gasteiger partial charge on any atom is -0.495 e. The van der Waals surface area contributed by atoms with Gasteiger partial charge in [-0.3, -0.25) is 15.1 Å². The summed E-state index contributed by atoms with van der Waals surface area (Å²) < 4.78 is 44.0. The Bertz CT molecular complexity index is 1060. The molecule has 3 aromatic heterocycles. The number of pyridine rings is 2. The minimum atomic E-state index is -4.51. The molecule has 0 aliphatic heterocycles. The van der Waals surface area contributed by atoms with E-state index in [-0.39, 0.29) is 5.56 Å². The molecule has 7 nitrogen and oxygen atoms in total. The Hall–Kier alpha value is -3.14. The van der Waals surface area contributed by atoms with Crippen LogP contribution in [0, 0.1) is 5.92 Å². The van der Waals surface area contributed by atoms with Gasteiger partial charge in [-0.15, -0.1) is 0 Å². The number of carbonyl (C=O) groups is 1. The normalized spacial score (nSPS) is 14.1. The number of nitrogens with zero attached hydrogens (tertiary/aromatic N) is 2. The highest BCUT2D eigenvalue weighted by Gasteiger charge is 2.44. The SMILES string of the molecule is COc1cnc2[nH]cc(-c3cncc([C@@](NCC(F)(F)F)(C(N)=O)C(C)C)c3)c2c1. The summed E-state index contributed by atoms with van der Waals surface area (Å²) in [5.74, 6) is -0.935. The largest absolute Gasteiger partial charge is 0.495 e. The molecule has 3 heterocycles. The lowest BCUT2D eigenvalue weighted by atomic mass is 9.79. The molecule has 30 heavy (non-hydrogen) atoms. The molecule has 1 atom stereocenters. The van der Waals surface area contributed by atoms with Gasteiger partial charge in [0.2, 0.25) is 5.91 Å². The Morgan fingerprint density at radius 2 is 2.00 bits per heavy atom. The average molecular weight is 421 g/mol. The average Bonchev–Trinajstić information content (AvgIpc) is 3.10. The fourth-order valence-corrected chi connectivity index (χ4v) is 3.53. The highest BCUT2D eigenvalue weighted by Crippen LogP contribution is 2.35. The third-order valence-electron chi connectivity index (χ3n) is 5.07. The minimum absolute atomic E-state index is 0.247. The molecule has 4 N–H and O–H groups in total. The third kappa shape index (κ3) is 3.95. The van der Waals surface area contributed by atoms with Crippen molar-refractivity contribution < 1.29 is 22.7 Å². The Morgan fingerprint density at radius 3 is 2.60 bits per heavy atom. The van der Waals surface area contributed by atoms with Crippen LogP contribution in [0.15, 0.2) is 36.9 Å². The quantitative estimate of drug-likeness (QED) is 0.544. The molecule has 0 spiro atoms. The first-order valence-corrected chi connectivity index (χ1v) is 9.17. The number of alkyl halides is 3. The number of methoxy groups -OCH3 is 1. The van der Waals surface area contributed by atoms with Gasteiger partial charge in [0.25, 0.3) is 0 Å². The van der Waals surface area contributed by atoms with Gasteiger partial charge in [0.05, 0.1) is 19.9 Å². The van der Waals surface area contributed by atoms with Crippen molar-refractivity contribution in [3.05, 3.63) is 42.5 Å². The van der Waals surface area contributed by atoms with Gasteiger partial charge >= 0.3 is 6.18 Å². The van der Waals surface area contributed by atoms with E-state index in [2.05, 4.69) is 20.3 Å². The Morgan fingerprint density at radius 1 is 1.27 bits per heavy atom. The third-order valence-corrected chi connectivity index (χ3v) is 5.07. The van der Waals surface area contributed by atoms with E-state index in [9.17, 15) is 18.0 Å². The van der Waals surface area contributed by atoms with E-state index in [4.69, 9.17) is 10.5 Å². The van der Waals surface area contributed by atoms with Gasteiger partial charge in [-0.25, -0.2) is 4.98 Å². The molecule has 160 valence electrons. The van der Waals surface area contributed by atoms with Crippen LogP contribution in [-0.2, 0) is 10.3 Å². The number of H-pyrrole nitrogens is 1. The van der Waals surface area contributed by atoms with Crippen LogP contribution in [0.3, 0.4) is 0 Å². The highest BCUT2D eigenvalue weighted by atomic mass is 19.4. The number of fused-ring (bicyclic) bond motifs is 1. The number of nitrogens with one attached hydrogen (secondary N) is 2. The summed E-state index contributed by atoms with van der Waals surface area (Å²) in [5.41, 5.74) is 6.01. The van der Waals surface area contributed by atoms with Crippen molar-refractivity contribution in [2.24, 2.45) is 11.7 Å². The lowest BCUT2D eigenvalue weighted by Gasteiger charge is -2.36. The number of hydrogen-bond acceptors (Lipinski definition) is 5. The van der Waals surface area contributed by atoms with E-state index in [0.29, 0.717) is 22.5 Å². The fraction of sp³-hybridized carbons (Fsp3) is 0.350. The molecular weight excluding hydrogens is 399 g/mol. The van der Waals surface area contributed by atoms with Gasteiger partial charge in [-0.2, -0.15) is 13.2 Å². The predicted molar refractivity (Wildman–Crippen MR) is 106 cm³/mol. The summed E-state index contributed by atoms with van der Waals surface area (Å²) in [7, 11) is 1.52. The number of aromatic amines is 1. The second-order valence-corrected chi connectivity index (χ2v) is 7.23. The van der Waals surface area contributed by atoms with Gasteiger partial charge < -0.3 is 15.5 Å². The number of hydrogen-bond donors (Lipinski definition) is 3. The lowest BCUT2D eigenvalue weighted by Crippen LogP contribution is -2.58. The molecule has 0 aliphatic rings. The predicted octanol–water partition coefficient (Wildman–Crippen LogP) is 3.12. The maximum Gasteiger partial charge on any atom is 0.401 e. The van der Waals surface area contributed by atoms with Crippen molar-refractivity contribution in [3.63, 3.8) is 0 Å². The zero-order valence-corrected chi connectivity index (χ0v) is 16.7. The van der Waals surface area contributed by atoms with Crippen LogP contribution in [0.5, 0.6) is 5.75 Å². The molecular formula is C20H22F3N5O2. The first kappa shape index (κ1) is 21.6. The second kappa shape index (κ2) is 7.94. The molecule has 3 rings (SSSR count). The van der Waals surface area contributed by atoms with Crippen LogP contribution >= 0.6 is 0 Å². The fourth-order valence-electron chi connectivity index (χ4n) is 3.53. The van der Waals surface area contributed by atoms with Crippen molar-refractivity contribution in [3.8, 4) is 16.9 Å². The molecule has 0 aromatic carbocycles. The number of rotatable bonds is 7. The van der Waals surface area contributed by atoms with E-state index >= 15 is 0 Å². The molecule has 10 heteroatoms. The summed E-state index contributed by atoms with van der Waals surface area (Å²) in [6, 6.07) is 3.40. The highest BCUT2D eigenvalue weighted by molar-refractivity contribution is 5.94. The van der Waals surface area contributed by atoms with Gasteiger partial charge in [0.15, 0.2) is 0 Å². The maximum absolute atomic E-state index is 12.9. The number of aromatic nitrogens is 3. The topological polar surface area (TPSA) is 106 Å². The van der Waals surface area contributed by atoms with E-state index in [0.717, 1.165) is 5.39 Å². The molecule has 0 unspecified atom stereocenters. The van der Waals surface area contributed by atoms with Crippen molar-refractivity contribution in [1.82, 2.24) is 20.3 Å². The van der Waals surface area contributed by atoms with Crippen LogP contribution in [0.4, 0.5) is 13.2 Å². The van der Waals surface area contributed by atoms with E-state index in [1.165, 1.54) is 13.3 Å².